The number of nitrogens with one attached hydrogen (secondary N) is 1. The zero-order valence-corrected chi connectivity index (χ0v) is 23.1. The highest BCUT2D eigenvalue weighted by Crippen LogP contribution is 2.43. The molecule has 1 heterocycles. The molecule has 1 N–H and O–H groups in total. The topological polar surface area (TPSA) is 39.7 Å². The quantitative estimate of drug-likeness (QED) is 0.251. The standard InChI is InChI=1S/C34H34FNO3/c1-22-11-12-25(35)17-32(22)39-21-29-27(14-15-30-33(29)23(2)19-34(3,4)36-30)28-18-26(13-16-31(28)37-5)38-20-24-9-7-6-8-10-24/h6-19,36H,20-21H2,1-5H3. The largest absolute Gasteiger partial charge is 0.496 e. The minimum atomic E-state index is -0.324. The van der Waals surface area contributed by atoms with E-state index < -0.39 is 0 Å². The number of ether oxygens (including phenoxy) is 3. The minimum absolute atomic E-state index is 0.182. The van der Waals surface area contributed by atoms with E-state index in [2.05, 4.69) is 44.3 Å². The van der Waals surface area contributed by atoms with Crippen molar-refractivity contribution in [2.45, 2.75) is 46.4 Å². The monoisotopic (exact) mass is 523 g/mol. The van der Waals surface area contributed by atoms with Gasteiger partial charge in [0.25, 0.3) is 0 Å². The van der Waals surface area contributed by atoms with Crippen molar-refractivity contribution in [1.29, 1.82) is 0 Å². The lowest BCUT2D eigenvalue weighted by atomic mass is 9.85. The van der Waals surface area contributed by atoms with Crippen molar-refractivity contribution in [2.24, 2.45) is 0 Å². The molecule has 4 aromatic rings. The maximum absolute atomic E-state index is 14.0. The van der Waals surface area contributed by atoms with Gasteiger partial charge in [0.15, 0.2) is 0 Å². The van der Waals surface area contributed by atoms with Gasteiger partial charge in [-0.15, -0.1) is 0 Å². The maximum Gasteiger partial charge on any atom is 0.126 e. The molecule has 4 aromatic carbocycles. The number of halogens is 1. The summed E-state index contributed by atoms with van der Waals surface area (Å²) in [6, 6.07) is 24.8. The van der Waals surface area contributed by atoms with Crippen LogP contribution < -0.4 is 19.5 Å². The molecular weight excluding hydrogens is 489 g/mol. The van der Waals surface area contributed by atoms with Crippen LogP contribution in [0.5, 0.6) is 17.2 Å². The van der Waals surface area contributed by atoms with E-state index in [9.17, 15) is 4.39 Å². The smallest absolute Gasteiger partial charge is 0.126 e. The van der Waals surface area contributed by atoms with E-state index in [0.29, 0.717) is 12.4 Å². The third-order valence-electron chi connectivity index (χ3n) is 6.97. The third-order valence-corrected chi connectivity index (χ3v) is 6.97. The Kier molecular flexibility index (Phi) is 7.34. The van der Waals surface area contributed by atoms with Crippen molar-refractivity contribution in [2.75, 3.05) is 12.4 Å². The lowest BCUT2D eigenvalue weighted by Crippen LogP contribution is -2.32. The van der Waals surface area contributed by atoms with Crippen molar-refractivity contribution < 1.29 is 18.6 Å². The van der Waals surface area contributed by atoms with E-state index in [1.807, 2.05) is 55.5 Å². The SMILES string of the molecule is COc1ccc(OCc2ccccc2)cc1-c1ccc2c(c1COc1cc(F)ccc1C)C(C)=CC(C)(C)N2. The molecule has 0 saturated heterocycles. The second-order valence-electron chi connectivity index (χ2n) is 10.5. The van der Waals surface area contributed by atoms with E-state index in [1.54, 1.807) is 13.2 Å². The fraction of sp³-hybridized carbons (Fsp3) is 0.235. The van der Waals surface area contributed by atoms with Crippen molar-refractivity contribution >= 4 is 11.3 Å². The van der Waals surface area contributed by atoms with Crippen LogP contribution in [0.3, 0.4) is 0 Å². The molecule has 0 aliphatic carbocycles. The number of allylic oxidation sites excluding steroid dienone is 1. The lowest BCUT2D eigenvalue weighted by Gasteiger charge is -2.33. The predicted octanol–water partition coefficient (Wildman–Crippen LogP) is 8.58. The van der Waals surface area contributed by atoms with E-state index in [-0.39, 0.29) is 18.0 Å². The summed E-state index contributed by atoms with van der Waals surface area (Å²) in [5.41, 5.74) is 7.93. The molecule has 0 saturated carbocycles. The second-order valence-corrected chi connectivity index (χ2v) is 10.5. The van der Waals surface area contributed by atoms with Crippen LogP contribution in [0.15, 0.2) is 84.9 Å². The van der Waals surface area contributed by atoms with Crippen molar-refractivity contribution in [3.05, 3.63) is 113 Å². The van der Waals surface area contributed by atoms with E-state index in [0.717, 1.165) is 56.1 Å². The summed E-state index contributed by atoms with van der Waals surface area (Å²) in [6.07, 6.45) is 2.23. The number of hydrogen-bond acceptors (Lipinski definition) is 4. The number of hydrogen-bond donors (Lipinski definition) is 1. The Balaban J connectivity index is 1.59. The van der Waals surface area contributed by atoms with Crippen LogP contribution in [-0.4, -0.2) is 12.6 Å². The number of methoxy groups -OCH3 is 1. The molecular formula is C34H34FNO3. The van der Waals surface area contributed by atoms with Crippen molar-refractivity contribution in [3.8, 4) is 28.4 Å². The van der Waals surface area contributed by atoms with Crippen LogP contribution in [0.4, 0.5) is 10.1 Å². The first kappa shape index (κ1) is 26.4. The van der Waals surface area contributed by atoms with Gasteiger partial charge in [-0.2, -0.15) is 0 Å². The molecule has 200 valence electrons. The van der Waals surface area contributed by atoms with Crippen LogP contribution in [0.1, 0.15) is 43.0 Å². The highest BCUT2D eigenvalue weighted by atomic mass is 19.1. The molecule has 5 rings (SSSR count). The zero-order chi connectivity index (χ0) is 27.6. The molecule has 1 aliphatic heterocycles. The summed E-state index contributed by atoms with van der Waals surface area (Å²) in [4.78, 5) is 0. The first-order chi connectivity index (χ1) is 18.7. The van der Waals surface area contributed by atoms with Gasteiger partial charge in [-0.1, -0.05) is 48.5 Å². The van der Waals surface area contributed by atoms with E-state index >= 15 is 0 Å². The van der Waals surface area contributed by atoms with Gasteiger partial charge in [0.1, 0.15) is 36.3 Å². The number of benzene rings is 4. The molecule has 1 aliphatic rings. The predicted molar refractivity (Wildman–Crippen MR) is 156 cm³/mol. The Morgan fingerprint density at radius 2 is 1.59 bits per heavy atom. The lowest BCUT2D eigenvalue weighted by molar-refractivity contribution is 0.302. The summed E-state index contributed by atoms with van der Waals surface area (Å²) in [5.74, 6) is 1.68. The normalized spacial score (nSPS) is 13.6. The molecule has 0 spiro atoms. The first-order valence-corrected chi connectivity index (χ1v) is 13.1. The molecule has 0 atom stereocenters. The van der Waals surface area contributed by atoms with Gasteiger partial charge >= 0.3 is 0 Å². The molecule has 4 nitrogen and oxygen atoms in total. The van der Waals surface area contributed by atoms with E-state index in [1.165, 1.54) is 12.1 Å². The van der Waals surface area contributed by atoms with Gasteiger partial charge in [-0.05, 0) is 80.3 Å². The molecule has 0 amide bonds. The van der Waals surface area contributed by atoms with Crippen LogP contribution in [0.2, 0.25) is 0 Å². The number of aryl methyl sites for hydroxylation is 1. The number of rotatable bonds is 8. The summed E-state index contributed by atoms with van der Waals surface area (Å²) < 4.78 is 32.3. The Morgan fingerprint density at radius 1 is 0.795 bits per heavy atom. The molecule has 0 aromatic heterocycles. The van der Waals surface area contributed by atoms with Gasteiger partial charge < -0.3 is 19.5 Å². The Labute approximate surface area is 230 Å². The zero-order valence-electron chi connectivity index (χ0n) is 23.1. The highest BCUT2D eigenvalue weighted by molar-refractivity contribution is 5.88. The first-order valence-electron chi connectivity index (χ1n) is 13.1. The van der Waals surface area contributed by atoms with Gasteiger partial charge in [0.2, 0.25) is 0 Å². The Bertz CT molecular complexity index is 1530. The van der Waals surface area contributed by atoms with E-state index in [4.69, 9.17) is 14.2 Å². The van der Waals surface area contributed by atoms with Gasteiger partial charge in [0.05, 0.1) is 12.6 Å². The van der Waals surface area contributed by atoms with Gasteiger partial charge in [0, 0.05) is 28.4 Å². The van der Waals surface area contributed by atoms with Crippen LogP contribution in [0, 0.1) is 12.7 Å². The summed E-state index contributed by atoms with van der Waals surface area (Å²) in [7, 11) is 1.67. The molecule has 39 heavy (non-hydrogen) atoms. The van der Waals surface area contributed by atoms with Crippen molar-refractivity contribution in [1.82, 2.24) is 0 Å². The maximum atomic E-state index is 14.0. The van der Waals surface area contributed by atoms with Crippen LogP contribution in [0.25, 0.3) is 16.7 Å². The summed E-state index contributed by atoms with van der Waals surface area (Å²) in [5, 5.41) is 3.63. The minimum Gasteiger partial charge on any atom is -0.496 e. The third kappa shape index (κ3) is 5.78. The summed E-state index contributed by atoms with van der Waals surface area (Å²) in [6.45, 7) is 9.06. The number of fused-ring (bicyclic) bond motifs is 1. The van der Waals surface area contributed by atoms with Gasteiger partial charge in [-0.25, -0.2) is 4.39 Å². The fourth-order valence-electron chi connectivity index (χ4n) is 5.21. The molecule has 0 fully saturated rings. The van der Waals surface area contributed by atoms with Gasteiger partial charge in [-0.3, -0.25) is 0 Å². The van der Waals surface area contributed by atoms with Crippen LogP contribution >= 0.6 is 0 Å². The fourth-order valence-corrected chi connectivity index (χ4v) is 5.21. The highest BCUT2D eigenvalue weighted by Gasteiger charge is 2.27. The molecule has 5 heteroatoms. The Morgan fingerprint density at radius 3 is 2.36 bits per heavy atom. The Hall–Kier alpha value is -4.25. The second kappa shape index (κ2) is 10.9. The number of anilines is 1. The molecule has 0 unspecified atom stereocenters. The average molecular weight is 524 g/mol. The summed E-state index contributed by atoms with van der Waals surface area (Å²) >= 11 is 0. The molecule has 0 radical (unpaired) electrons. The van der Waals surface area contributed by atoms with Crippen molar-refractivity contribution in [3.63, 3.8) is 0 Å². The average Bonchev–Trinajstić information content (AvgIpc) is 2.92. The van der Waals surface area contributed by atoms with Crippen LogP contribution in [-0.2, 0) is 13.2 Å². The molecule has 0 bridgehead atoms.